The maximum absolute atomic E-state index is 12.7. The summed E-state index contributed by atoms with van der Waals surface area (Å²) in [6.45, 7) is -0.383. The summed E-state index contributed by atoms with van der Waals surface area (Å²) in [5.41, 5.74) is 1.84. The van der Waals surface area contributed by atoms with E-state index in [1.807, 2.05) is 54.6 Å². The Bertz CT molecular complexity index is 945. The number of aliphatic hydroxyl groups is 1. The lowest BCUT2D eigenvalue weighted by atomic mass is 10.1. The standard InChI is InChI=1S/C22H22N2O4S2/c1-28-18-9-7-16(8-10-18)12-19-21(27)24(22(29)30-19)13-20(26)23-17(14-25)11-15-5-3-2-4-6-15/h2-10,12,17,25H,11,13-14H2,1H3,(H,23,26)/b19-12+. The Kier molecular flexibility index (Phi) is 7.62. The van der Waals surface area contributed by atoms with Crippen LogP contribution in [0.3, 0.4) is 0 Å². The zero-order valence-corrected chi connectivity index (χ0v) is 18.0. The molecule has 0 radical (unpaired) electrons. The summed E-state index contributed by atoms with van der Waals surface area (Å²) in [6, 6.07) is 16.4. The molecule has 1 aliphatic heterocycles. The van der Waals surface area contributed by atoms with Crippen molar-refractivity contribution in [3.63, 3.8) is 0 Å². The van der Waals surface area contributed by atoms with Crippen molar-refractivity contribution in [3.05, 3.63) is 70.6 Å². The molecule has 0 aromatic heterocycles. The minimum Gasteiger partial charge on any atom is -0.497 e. The number of aliphatic hydroxyl groups excluding tert-OH is 1. The molecular weight excluding hydrogens is 420 g/mol. The van der Waals surface area contributed by atoms with Crippen molar-refractivity contribution < 1.29 is 19.4 Å². The molecule has 30 heavy (non-hydrogen) atoms. The number of rotatable bonds is 8. The Morgan fingerprint density at radius 1 is 1.23 bits per heavy atom. The van der Waals surface area contributed by atoms with E-state index >= 15 is 0 Å². The number of hydrogen-bond acceptors (Lipinski definition) is 6. The van der Waals surface area contributed by atoms with Crippen LogP contribution >= 0.6 is 24.0 Å². The predicted octanol–water partition coefficient (Wildman–Crippen LogP) is 2.62. The molecule has 0 bridgehead atoms. The molecule has 2 aromatic carbocycles. The Labute approximate surface area is 184 Å². The highest BCUT2D eigenvalue weighted by Gasteiger charge is 2.33. The number of nitrogens with zero attached hydrogens (tertiary/aromatic N) is 1. The third-order valence-electron chi connectivity index (χ3n) is 4.50. The van der Waals surface area contributed by atoms with Gasteiger partial charge in [0.15, 0.2) is 0 Å². The number of thiocarbonyl (C=S) groups is 1. The van der Waals surface area contributed by atoms with Crippen molar-refractivity contribution in [2.24, 2.45) is 0 Å². The average molecular weight is 443 g/mol. The Morgan fingerprint density at radius 3 is 2.57 bits per heavy atom. The van der Waals surface area contributed by atoms with E-state index in [1.54, 1.807) is 13.2 Å². The van der Waals surface area contributed by atoms with Crippen LogP contribution in [0.2, 0.25) is 0 Å². The van der Waals surface area contributed by atoms with E-state index in [0.29, 0.717) is 15.6 Å². The van der Waals surface area contributed by atoms with Crippen LogP contribution in [0.5, 0.6) is 5.75 Å². The summed E-state index contributed by atoms with van der Waals surface area (Å²) in [5.74, 6) is 0.0527. The average Bonchev–Trinajstić information content (AvgIpc) is 3.01. The summed E-state index contributed by atoms with van der Waals surface area (Å²) in [5, 5.41) is 12.4. The van der Waals surface area contributed by atoms with Gasteiger partial charge in [-0.1, -0.05) is 66.4 Å². The zero-order chi connectivity index (χ0) is 21.5. The van der Waals surface area contributed by atoms with Gasteiger partial charge < -0.3 is 15.2 Å². The first kappa shape index (κ1) is 22.0. The van der Waals surface area contributed by atoms with E-state index in [1.165, 1.54) is 4.90 Å². The molecule has 156 valence electrons. The lowest BCUT2D eigenvalue weighted by molar-refractivity contribution is -0.129. The summed E-state index contributed by atoms with van der Waals surface area (Å²) in [4.78, 5) is 26.9. The SMILES string of the molecule is COc1ccc(/C=C2/SC(=S)N(CC(=O)NC(CO)Cc3ccccc3)C2=O)cc1. The van der Waals surface area contributed by atoms with Gasteiger partial charge in [0.25, 0.3) is 5.91 Å². The number of carbonyl (C=O) groups is 2. The van der Waals surface area contributed by atoms with Crippen LogP contribution in [-0.4, -0.2) is 52.4 Å². The molecule has 0 aliphatic carbocycles. The number of thioether (sulfide) groups is 1. The maximum atomic E-state index is 12.7. The fraction of sp³-hybridized carbons (Fsp3) is 0.227. The Morgan fingerprint density at radius 2 is 1.93 bits per heavy atom. The Hall–Kier alpha value is -2.68. The van der Waals surface area contributed by atoms with Crippen LogP contribution in [0.25, 0.3) is 6.08 Å². The maximum Gasteiger partial charge on any atom is 0.266 e. The first-order chi connectivity index (χ1) is 14.5. The lowest BCUT2D eigenvalue weighted by Crippen LogP contribution is -2.45. The summed E-state index contributed by atoms with van der Waals surface area (Å²) in [6.07, 6.45) is 2.24. The van der Waals surface area contributed by atoms with Gasteiger partial charge >= 0.3 is 0 Å². The van der Waals surface area contributed by atoms with Crippen LogP contribution in [0.4, 0.5) is 0 Å². The molecule has 1 atom stereocenters. The molecule has 2 amide bonds. The van der Waals surface area contributed by atoms with Crippen molar-refractivity contribution in [2.45, 2.75) is 12.5 Å². The molecule has 6 nitrogen and oxygen atoms in total. The van der Waals surface area contributed by atoms with Crippen molar-refractivity contribution in [3.8, 4) is 5.75 Å². The molecule has 1 unspecified atom stereocenters. The van der Waals surface area contributed by atoms with Crippen molar-refractivity contribution in [1.29, 1.82) is 0 Å². The molecule has 2 aromatic rings. The quantitative estimate of drug-likeness (QED) is 0.483. The van der Waals surface area contributed by atoms with Crippen molar-refractivity contribution in [2.75, 3.05) is 20.3 Å². The first-order valence-electron chi connectivity index (χ1n) is 9.33. The second-order valence-electron chi connectivity index (χ2n) is 6.68. The van der Waals surface area contributed by atoms with E-state index in [-0.39, 0.29) is 25.0 Å². The molecular formula is C22H22N2O4S2. The van der Waals surface area contributed by atoms with Gasteiger partial charge in [-0.15, -0.1) is 0 Å². The molecule has 1 fully saturated rings. The minimum atomic E-state index is -0.437. The molecule has 3 rings (SSSR count). The van der Waals surface area contributed by atoms with Gasteiger partial charge in [-0.05, 0) is 35.8 Å². The van der Waals surface area contributed by atoms with E-state index in [9.17, 15) is 14.7 Å². The second-order valence-corrected chi connectivity index (χ2v) is 8.35. The van der Waals surface area contributed by atoms with E-state index in [4.69, 9.17) is 17.0 Å². The highest BCUT2D eigenvalue weighted by molar-refractivity contribution is 8.26. The number of methoxy groups -OCH3 is 1. The molecule has 8 heteroatoms. The third-order valence-corrected chi connectivity index (χ3v) is 5.88. The summed E-state index contributed by atoms with van der Waals surface area (Å²) in [7, 11) is 1.59. The second kappa shape index (κ2) is 10.4. The number of hydrogen-bond donors (Lipinski definition) is 2. The predicted molar refractivity (Wildman–Crippen MR) is 122 cm³/mol. The van der Waals surface area contributed by atoms with Crippen LogP contribution < -0.4 is 10.1 Å². The third kappa shape index (κ3) is 5.69. The number of ether oxygens (including phenoxy) is 1. The topological polar surface area (TPSA) is 78.9 Å². The molecule has 2 N–H and O–H groups in total. The zero-order valence-electron chi connectivity index (χ0n) is 16.4. The van der Waals surface area contributed by atoms with Gasteiger partial charge in [0, 0.05) is 0 Å². The van der Waals surface area contributed by atoms with E-state index < -0.39 is 6.04 Å². The lowest BCUT2D eigenvalue weighted by Gasteiger charge is -2.19. The Balaban J connectivity index is 1.61. The molecule has 1 saturated heterocycles. The highest BCUT2D eigenvalue weighted by atomic mass is 32.2. The van der Waals surface area contributed by atoms with Gasteiger partial charge in [-0.25, -0.2) is 0 Å². The van der Waals surface area contributed by atoms with Crippen LogP contribution in [-0.2, 0) is 16.0 Å². The van der Waals surface area contributed by atoms with Crippen molar-refractivity contribution >= 4 is 46.2 Å². The molecule has 0 saturated carbocycles. The number of amides is 2. The number of carbonyl (C=O) groups excluding carboxylic acids is 2. The van der Waals surface area contributed by atoms with Crippen molar-refractivity contribution in [1.82, 2.24) is 10.2 Å². The van der Waals surface area contributed by atoms with Gasteiger partial charge in [-0.3, -0.25) is 14.5 Å². The molecule has 1 heterocycles. The molecule has 1 aliphatic rings. The molecule has 0 spiro atoms. The van der Waals surface area contributed by atoms with Gasteiger partial charge in [0.2, 0.25) is 5.91 Å². The summed E-state index contributed by atoms with van der Waals surface area (Å²) >= 11 is 6.46. The fourth-order valence-corrected chi connectivity index (χ4v) is 4.22. The highest BCUT2D eigenvalue weighted by Crippen LogP contribution is 2.32. The van der Waals surface area contributed by atoms with Crippen LogP contribution in [0, 0.1) is 0 Å². The first-order valence-corrected chi connectivity index (χ1v) is 10.6. The summed E-state index contributed by atoms with van der Waals surface area (Å²) < 4.78 is 5.46. The van der Waals surface area contributed by atoms with Gasteiger partial charge in [-0.2, -0.15) is 0 Å². The number of benzene rings is 2. The minimum absolute atomic E-state index is 0.185. The van der Waals surface area contributed by atoms with E-state index in [0.717, 1.165) is 28.6 Å². The normalized spacial score (nSPS) is 16.1. The van der Waals surface area contributed by atoms with Gasteiger partial charge in [0.1, 0.15) is 16.6 Å². The fourth-order valence-electron chi connectivity index (χ4n) is 2.96. The largest absolute Gasteiger partial charge is 0.497 e. The van der Waals surface area contributed by atoms with Gasteiger partial charge in [0.05, 0.1) is 24.7 Å². The van der Waals surface area contributed by atoms with Crippen LogP contribution in [0.15, 0.2) is 59.5 Å². The smallest absolute Gasteiger partial charge is 0.266 e. The van der Waals surface area contributed by atoms with Crippen LogP contribution in [0.1, 0.15) is 11.1 Å². The van der Waals surface area contributed by atoms with E-state index in [2.05, 4.69) is 5.32 Å². The number of nitrogens with one attached hydrogen (secondary N) is 1. The monoisotopic (exact) mass is 442 g/mol.